The summed E-state index contributed by atoms with van der Waals surface area (Å²) in [5.74, 6) is -0.375. The molecular formula is C42H66ClN4O8P. The van der Waals surface area contributed by atoms with Gasteiger partial charge in [0.2, 0.25) is 0 Å². The van der Waals surface area contributed by atoms with Crippen molar-refractivity contribution >= 4 is 30.8 Å². The molecule has 0 aliphatic carbocycles. The van der Waals surface area contributed by atoms with Gasteiger partial charge in [-0.1, -0.05) is 127 Å². The molecule has 56 heavy (non-hydrogen) atoms. The molecule has 0 saturated carbocycles. The van der Waals surface area contributed by atoms with E-state index in [1.165, 1.54) is 103 Å². The van der Waals surface area contributed by atoms with Gasteiger partial charge in [0.05, 0.1) is 23.9 Å². The van der Waals surface area contributed by atoms with E-state index in [0.717, 1.165) is 6.42 Å². The van der Waals surface area contributed by atoms with Crippen LogP contribution < -0.4 is 10.3 Å². The fraction of sp³-hybridized carbons (Fsp3) is 0.714. The third-order valence-electron chi connectivity index (χ3n) is 10.7. The fourth-order valence-electron chi connectivity index (χ4n) is 7.68. The summed E-state index contributed by atoms with van der Waals surface area (Å²) in [4.78, 5) is 4.10. The Morgan fingerprint density at radius 2 is 1.41 bits per heavy atom. The van der Waals surface area contributed by atoms with Crippen LogP contribution in [-0.2, 0) is 38.2 Å². The molecule has 0 amide bonds. The minimum Gasteiger partial charge on any atom is -0.402 e. The van der Waals surface area contributed by atoms with Crippen LogP contribution in [0.15, 0.2) is 42.7 Å². The van der Waals surface area contributed by atoms with Gasteiger partial charge in [0, 0.05) is 13.2 Å². The van der Waals surface area contributed by atoms with Crippen LogP contribution in [0.2, 0.25) is 5.02 Å². The molecule has 2 saturated heterocycles. The van der Waals surface area contributed by atoms with E-state index in [1.807, 2.05) is 32.9 Å². The third kappa shape index (κ3) is 12.9. The Bertz CT molecular complexity index is 1660. The number of nitrogens with two attached hydrogens (primary N) is 1. The molecule has 0 spiro atoms. The molecule has 5 rings (SSSR count). The van der Waals surface area contributed by atoms with Crippen molar-refractivity contribution < 1.29 is 37.1 Å². The highest BCUT2D eigenvalue weighted by Gasteiger charge is 2.62. The van der Waals surface area contributed by atoms with Crippen molar-refractivity contribution in [2.24, 2.45) is 0 Å². The first kappa shape index (κ1) is 44.8. The monoisotopic (exact) mass is 820 g/mol. The van der Waals surface area contributed by atoms with Crippen LogP contribution in [0.1, 0.15) is 143 Å². The van der Waals surface area contributed by atoms with Crippen LogP contribution in [0.5, 0.6) is 5.75 Å². The summed E-state index contributed by atoms with van der Waals surface area (Å²) < 4.78 is 58.8. The SMILES string of the molecule is CCCCCCCCCCCCCCCCCCOCCCOP(=O)(OC[C@H]1O[C@@](C)(c2ccc3c(N)ncnn23)[C@@H]2OC(C)(C)O[C@@H]21)Oc1ccccc1Cl. The number of phosphoric ester groups is 1. The van der Waals surface area contributed by atoms with Crippen molar-refractivity contribution in [2.45, 2.75) is 167 Å². The highest BCUT2D eigenvalue weighted by molar-refractivity contribution is 7.48. The summed E-state index contributed by atoms with van der Waals surface area (Å²) in [6.07, 6.45) is 21.5. The molecule has 2 aliphatic heterocycles. The predicted octanol–water partition coefficient (Wildman–Crippen LogP) is 11.0. The second-order valence-corrected chi connectivity index (χ2v) is 17.8. The van der Waals surface area contributed by atoms with Crippen molar-refractivity contribution in [3.63, 3.8) is 0 Å². The quantitative estimate of drug-likeness (QED) is 0.0553. The zero-order chi connectivity index (χ0) is 39.9. The largest absolute Gasteiger partial charge is 0.530 e. The lowest BCUT2D eigenvalue weighted by atomic mass is 9.93. The molecule has 2 aliphatic rings. The van der Waals surface area contributed by atoms with Gasteiger partial charge < -0.3 is 29.2 Å². The normalized spacial score (nSPS) is 22.8. The number of phosphoric acid groups is 1. The van der Waals surface area contributed by atoms with Crippen LogP contribution in [0.25, 0.3) is 5.52 Å². The maximum atomic E-state index is 14.2. The molecule has 0 bridgehead atoms. The second kappa shape index (κ2) is 22.2. The minimum absolute atomic E-state index is 0.0971. The van der Waals surface area contributed by atoms with E-state index in [1.54, 1.807) is 28.8 Å². The summed E-state index contributed by atoms with van der Waals surface area (Å²) >= 11 is 6.38. The van der Waals surface area contributed by atoms with Crippen LogP contribution in [0.4, 0.5) is 5.82 Å². The van der Waals surface area contributed by atoms with Crippen molar-refractivity contribution in [1.82, 2.24) is 14.6 Å². The number of benzene rings is 1. The Kier molecular flexibility index (Phi) is 17.8. The summed E-state index contributed by atoms with van der Waals surface area (Å²) in [7, 11) is -4.19. The van der Waals surface area contributed by atoms with E-state index in [0.29, 0.717) is 36.7 Å². The number of hydrogen-bond acceptors (Lipinski definition) is 11. The van der Waals surface area contributed by atoms with E-state index in [4.69, 9.17) is 49.9 Å². The summed E-state index contributed by atoms with van der Waals surface area (Å²) in [5, 5.41) is 4.70. The molecule has 5 atom stereocenters. The number of halogens is 1. The zero-order valence-electron chi connectivity index (χ0n) is 34.1. The number of nitrogens with zero attached hydrogens (tertiary/aromatic N) is 3. The first-order chi connectivity index (χ1) is 27.1. The number of unbranched alkanes of at least 4 members (excludes halogenated alkanes) is 15. The maximum Gasteiger partial charge on any atom is 0.530 e. The molecule has 1 aromatic carbocycles. The molecular weight excluding hydrogens is 755 g/mol. The van der Waals surface area contributed by atoms with Crippen molar-refractivity contribution in [1.29, 1.82) is 0 Å². The van der Waals surface area contributed by atoms with E-state index in [2.05, 4.69) is 17.0 Å². The molecule has 4 heterocycles. The number of aromatic nitrogens is 3. The average molecular weight is 821 g/mol. The standard InChI is InChI=1S/C42H66ClN4O8P/c1-5-6-7-8-9-10-11-12-13-14-15-16-17-18-19-22-28-49-29-23-30-50-56(48,55-35-25-21-20-24-33(35)43)51-31-36-38-39(54-41(2,3)53-38)42(4,52-36)37-27-26-34-40(44)45-32-46-47(34)37/h20-21,24-27,32,36,38-39H,5-19,22-23,28-31H2,1-4H3,(H2,44,45,46)/t36-,38-,39-,42+,56?/m1/s1. The number of anilines is 1. The van der Waals surface area contributed by atoms with Gasteiger partial charge in [-0.25, -0.2) is 14.1 Å². The van der Waals surface area contributed by atoms with Crippen LogP contribution in [0, 0.1) is 0 Å². The predicted molar refractivity (Wildman–Crippen MR) is 220 cm³/mol. The first-order valence-electron chi connectivity index (χ1n) is 21.1. The Balaban J connectivity index is 1.03. The van der Waals surface area contributed by atoms with E-state index < -0.39 is 37.5 Å². The van der Waals surface area contributed by atoms with Crippen molar-refractivity contribution in [3.05, 3.63) is 53.4 Å². The summed E-state index contributed by atoms with van der Waals surface area (Å²) in [5.41, 5.74) is 6.44. The van der Waals surface area contributed by atoms with Gasteiger partial charge in [-0.2, -0.15) is 5.10 Å². The van der Waals surface area contributed by atoms with Gasteiger partial charge in [0.15, 0.2) is 11.6 Å². The van der Waals surface area contributed by atoms with Crippen molar-refractivity contribution in [3.8, 4) is 5.75 Å². The summed E-state index contributed by atoms with van der Waals surface area (Å²) in [6.45, 7) is 8.96. The average Bonchev–Trinajstić information content (AvgIpc) is 3.84. The highest BCUT2D eigenvalue weighted by Crippen LogP contribution is 2.54. The summed E-state index contributed by atoms with van der Waals surface area (Å²) in [6, 6.07) is 10.5. The molecule has 12 nitrogen and oxygen atoms in total. The second-order valence-electron chi connectivity index (χ2n) is 15.8. The smallest absolute Gasteiger partial charge is 0.402 e. The molecule has 314 valence electrons. The Morgan fingerprint density at radius 3 is 2.07 bits per heavy atom. The van der Waals surface area contributed by atoms with Crippen LogP contribution in [-0.4, -0.2) is 65.1 Å². The topological polar surface area (TPSA) is 138 Å². The van der Waals surface area contributed by atoms with Gasteiger partial charge in [0.1, 0.15) is 41.5 Å². The number of ether oxygens (including phenoxy) is 4. The molecule has 3 aromatic rings. The zero-order valence-corrected chi connectivity index (χ0v) is 35.8. The highest BCUT2D eigenvalue weighted by atomic mass is 35.5. The number of para-hydroxylation sites is 1. The number of nitrogen functional groups attached to an aromatic ring is 1. The lowest BCUT2D eigenvalue weighted by Crippen LogP contribution is -2.39. The molecule has 0 radical (unpaired) electrons. The first-order valence-corrected chi connectivity index (χ1v) is 22.9. The lowest BCUT2D eigenvalue weighted by Gasteiger charge is -2.31. The van der Waals surface area contributed by atoms with E-state index in [-0.39, 0.29) is 24.0 Å². The molecule has 2 aromatic heterocycles. The van der Waals surface area contributed by atoms with Crippen LogP contribution >= 0.6 is 19.4 Å². The van der Waals surface area contributed by atoms with E-state index >= 15 is 0 Å². The molecule has 14 heteroatoms. The van der Waals surface area contributed by atoms with Gasteiger partial charge in [-0.05, 0) is 57.9 Å². The number of hydrogen-bond donors (Lipinski definition) is 1. The Hall–Kier alpha value is -2.28. The van der Waals surface area contributed by atoms with Crippen molar-refractivity contribution in [2.75, 3.05) is 32.2 Å². The Morgan fingerprint density at radius 1 is 0.786 bits per heavy atom. The molecule has 1 unspecified atom stereocenters. The number of fused-ring (bicyclic) bond motifs is 2. The fourth-order valence-corrected chi connectivity index (χ4v) is 9.18. The Labute approximate surface area is 339 Å². The van der Waals surface area contributed by atoms with Gasteiger partial charge in [-0.3, -0.25) is 9.05 Å². The molecule has 2 N–H and O–H groups in total. The van der Waals surface area contributed by atoms with Crippen LogP contribution in [0.3, 0.4) is 0 Å². The minimum atomic E-state index is -4.19. The lowest BCUT2D eigenvalue weighted by molar-refractivity contribution is -0.212. The third-order valence-corrected chi connectivity index (χ3v) is 12.4. The maximum absolute atomic E-state index is 14.2. The van der Waals surface area contributed by atoms with Gasteiger partial charge in [0.25, 0.3) is 0 Å². The molecule has 2 fully saturated rings. The van der Waals surface area contributed by atoms with Gasteiger partial charge in [-0.15, -0.1) is 0 Å². The van der Waals surface area contributed by atoms with Gasteiger partial charge >= 0.3 is 7.82 Å². The number of rotatable bonds is 28. The van der Waals surface area contributed by atoms with E-state index in [9.17, 15) is 4.57 Å².